The Balaban J connectivity index is 1.99. The summed E-state index contributed by atoms with van der Waals surface area (Å²) in [5, 5.41) is 22.9. The van der Waals surface area contributed by atoms with Gasteiger partial charge in [-0.25, -0.2) is 0 Å². The fourth-order valence-electron chi connectivity index (χ4n) is 5.85. The number of benzene rings is 2. The van der Waals surface area contributed by atoms with Crippen molar-refractivity contribution in [3.8, 4) is 22.6 Å². The third-order valence-corrected chi connectivity index (χ3v) is 8.03. The van der Waals surface area contributed by atoms with Gasteiger partial charge >= 0.3 is 0 Å². The Kier molecular flexibility index (Phi) is 6.14. The van der Waals surface area contributed by atoms with Gasteiger partial charge in [0.1, 0.15) is 11.5 Å². The van der Waals surface area contributed by atoms with Crippen molar-refractivity contribution >= 4 is 0 Å². The van der Waals surface area contributed by atoms with Crippen molar-refractivity contribution in [2.45, 2.75) is 104 Å². The quantitative estimate of drug-likeness (QED) is 0.540. The molecule has 2 nitrogen and oxygen atoms in total. The number of rotatable bonds is 3. The van der Waals surface area contributed by atoms with Crippen LogP contribution in [0.2, 0.25) is 0 Å². The van der Waals surface area contributed by atoms with Crippen LogP contribution in [0.1, 0.15) is 109 Å². The zero-order valence-corrected chi connectivity index (χ0v) is 19.3. The molecule has 0 spiro atoms. The molecule has 2 aromatic rings. The lowest BCUT2D eigenvalue weighted by Crippen LogP contribution is -2.11. The van der Waals surface area contributed by atoms with Crippen molar-refractivity contribution in [3.63, 3.8) is 0 Å². The summed E-state index contributed by atoms with van der Waals surface area (Å²) >= 11 is 0. The normalized spacial score (nSPS) is 18.7. The average molecular weight is 407 g/mol. The van der Waals surface area contributed by atoms with Gasteiger partial charge in [-0.3, -0.25) is 0 Å². The van der Waals surface area contributed by atoms with E-state index in [1.54, 1.807) is 0 Å². The minimum atomic E-state index is 0.381. The first-order valence-electron chi connectivity index (χ1n) is 12.1. The average Bonchev–Trinajstić information content (AvgIpc) is 2.77. The second-order valence-electron chi connectivity index (χ2n) is 9.93. The first-order chi connectivity index (χ1) is 14.4. The molecular formula is C28H38O2. The molecular weight excluding hydrogens is 368 g/mol. The number of hydrogen-bond donors (Lipinski definition) is 2. The van der Waals surface area contributed by atoms with Crippen molar-refractivity contribution in [1.29, 1.82) is 0 Å². The first kappa shape index (κ1) is 21.3. The largest absolute Gasteiger partial charge is 0.507 e. The number of phenolic OH excluding ortho intramolecular Hbond substituents is 2. The molecule has 0 bridgehead atoms. The standard InChI is InChI=1S/C28H38O2/c1-17-15-23(21-11-7-5-8-12-21)25(27(29)19(17)3)26-24(22-13-9-6-10-14-22)16-18(2)20(4)28(26)30/h15-16,21-22,29-30H,5-14H2,1-4H3. The van der Waals surface area contributed by atoms with E-state index in [2.05, 4.69) is 26.0 Å². The van der Waals surface area contributed by atoms with Crippen LogP contribution in [0.25, 0.3) is 11.1 Å². The van der Waals surface area contributed by atoms with Crippen LogP contribution in [0.5, 0.6) is 11.5 Å². The molecule has 2 aromatic carbocycles. The third-order valence-electron chi connectivity index (χ3n) is 8.03. The molecule has 2 aliphatic rings. The maximum Gasteiger partial charge on any atom is 0.127 e. The monoisotopic (exact) mass is 406 g/mol. The van der Waals surface area contributed by atoms with Crippen molar-refractivity contribution in [3.05, 3.63) is 45.5 Å². The third kappa shape index (κ3) is 3.74. The Bertz CT molecular complexity index is 851. The molecule has 0 amide bonds. The summed E-state index contributed by atoms with van der Waals surface area (Å²) < 4.78 is 0. The van der Waals surface area contributed by atoms with E-state index in [1.807, 2.05) is 13.8 Å². The van der Waals surface area contributed by atoms with Crippen LogP contribution in [-0.4, -0.2) is 10.2 Å². The molecule has 0 atom stereocenters. The summed E-state index contributed by atoms with van der Waals surface area (Å²) in [4.78, 5) is 0. The number of aromatic hydroxyl groups is 2. The summed E-state index contributed by atoms with van der Waals surface area (Å²) in [6.45, 7) is 8.23. The molecule has 0 heterocycles. The van der Waals surface area contributed by atoms with Gasteiger partial charge in [-0.1, -0.05) is 50.7 Å². The molecule has 2 fully saturated rings. The molecule has 2 N–H and O–H groups in total. The lowest BCUT2D eigenvalue weighted by Gasteiger charge is -2.30. The van der Waals surface area contributed by atoms with Gasteiger partial charge in [0.25, 0.3) is 0 Å². The van der Waals surface area contributed by atoms with Crippen molar-refractivity contribution in [2.75, 3.05) is 0 Å². The predicted molar refractivity (Wildman–Crippen MR) is 126 cm³/mol. The molecule has 2 saturated carbocycles. The minimum absolute atomic E-state index is 0.381. The van der Waals surface area contributed by atoms with E-state index in [9.17, 15) is 10.2 Å². The van der Waals surface area contributed by atoms with E-state index in [0.717, 1.165) is 33.4 Å². The second kappa shape index (κ2) is 8.65. The molecule has 0 radical (unpaired) electrons. The molecule has 0 saturated heterocycles. The van der Waals surface area contributed by atoms with Gasteiger partial charge in [0.15, 0.2) is 0 Å². The smallest absolute Gasteiger partial charge is 0.127 e. The zero-order chi connectivity index (χ0) is 21.4. The Morgan fingerprint density at radius 3 is 1.23 bits per heavy atom. The van der Waals surface area contributed by atoms with Crippen LogP contribution < -0.4 is 0 Å². The Morgan fingerprint density at radius 2 is 0.900 bits per heavy atom. The maximum absolute atomic E-state index is 11.4. The fraction of sp³-hybridized carbons (Fsp3) is 0.571. The molecule has 2 aliphatic carbocycles. The summed E-state index contributed by atoms with van der Waals surface area (Å²) in [6.07, 6.45) is 12.4. The van der Waals surface area contributed by atoms with Crippen LogP contribution in [-0.2, 0) is 0 Å². The van der Waals surface area contributed by atoms with Gasteiger partial charge < -0.3 is 10.2 Å². The highest BCUT2D eigenvalue weighted by molar-refractivity contribution is 5.85. The Hall–Kier alpha value is -1.96. The highest BCUT2D eigenvalue weighted by Gasteiger charge is 2.30. The van der Waals surface area contributed by atoms with Gasteiger partial charge in [-0.15, -0.1) is 0 Å². The van der Waals surface area contributed by atoms with E-state index in [1.165, 1.54) is 75.3 Å². The summed E-state index contributed by atoms with van der Waals surface area (Å²) in [6, 6.07) is 4.61. The molecule has 0 aliphatic heterocycles. The summed E-state index contributed by atoms with van der Waals surface area (Å²) in [7, 11) is 0. The lowest BCUT2D eigenvalue weighted by atomic mass is 9.74. The topological polar surface area (TPSA) is 40.5 Å². The number of aryl methyl sites for hydroxylation is 2. The Labute approximate surface area is 182 Å². The lowest BCUT2D eigenvalue weighted by molar-refractivity contribution is 0.432. The van der Waals surface area contributed by atoms with E-state index in [0.29, 0.717) is 23.3 Å². The molecule has 2 heteroatoms. The molecule has 4 rings (SSSR count). The fourth-order valence-corrected chi connectivity index (χ4v) is 5.85. The predicted octanol–water partition coefficient (Wildman–Crippen LogP) is 8.09. The molecule has 0 unspecified atom stereocenters. The highest BCUT2D eigenvalue weighted by Crippen LogP contribution is 2.51. The van der Waals surface area contributed by atoms with Crippen molar-refractivity contribution in [1.82, 2.24) is 0 Å². The van der Waals surface area contributed by atoms with Crippen LogP contribution in [0.4, 0.5) is 0 Å². The van der Waals surface area contributed by atoms with E-state index in [-0.39, 0.29) is 0 Å². The van der Waals surface area contributed by atoms with Crippen LogP contribution in [0.15, 0.2) is 12.1 Å². The van der Waals surface area contributed by atoms with Crippen molar-refractivity contribution in [2.24, 2.45) is 0 Å². The van der Waals surface area contributed by atoms with Gasteiger partial charge in [0, 0.05) is 11.1 Å². The summed E-state index contributed by atoms with van der Waals surface area (Å²) in [5.74, 6) is 1.70. The van der Waals surface area contributed by atoms with E-state index in [4.69, 9.17) is 0 Å². The SMILES string of the molecule is Cc1cc(C2CCCCC2)c(-c2c(C3CCCCC3)cc(C)c(C)c2O)c(O)c1C. The Morgan fingerprint density at radius 1 is 0.567 bits per heavy atom. The summed E-state index contributed by atoms with van der Waals surface area (Å²) in [5.41, 5.74) is 8.54. The maximum atomic E-state index is 11.4. The van der Waals surface area contributed by atoms with Crippen LogP contribution in [0, 0.1) is 27.7 Å². The van der Waals surface area contributed by atoms with E-state index >= 15 is 0 Å². The minimum Gasteiger partial charge on any atom is -0.507 e. The zero-order valence-electron chi connectivity index (χ0n) is 19.3. The number of phenols is 2. The van der Waals surface area contributed by atoms with Gasteiger partial charge in [0.2, 0.25) is 0 Å². The second-order valence-corrected chi connectivity index (χ2v) is 9.93. The van der Waals surface area contributed by atoms with Crippen LogP contribution >= 0.6 is 0 Å². The highest BCUT2D eigenvalue weighted by atomic mass is 16.3. The van der Waals surface area contributed by atoms with Gasteiger partial charge in [-0.05, 0) is 98.6 Å². The first-order valence-corrected chi connectivity index (χ1v) is 12.1. The molecule has 162 valence electrons. The van der Waals surface area contributed by atoms with Crippen LogP contribution in [0.3, 0.4) is 0 Å². The molecule has 30 heavy (non-hydrogen) atoms. The van der Waals surface area contributed by atoms with Gasteiger partial charge in [-0.2, -0.15) is 0 Å². The van der Waals surface area contributed by atoms with E-state index < -0.39 is 0 Å². The molecule has 0 aromatic heterocycles. The van der Waals surface area contributed by atoms with Crippen molar-refractivity contribution < 1.29 is 10.2 Å². The number of hydrogen-bond acceptors (Lipinski definition) is 2. The van der Waals surface area contributed by atoms with Gasteiger partial charge in [0.05, 0.1) is 0 Å².